The second kappa shape index (κ2) is 5.64. The Bertz CT molecular complexity index is 579. The molecule has 0 aliphatic carbocycles. The first-order valence-electron chi connectivity index (χ1n) is 6.13. The summed E-state index contributed by atoms with van der Waals surface area (Å²) in [6.07, 6.45) is -4.85. The van der Waals surface area contributed by atoms with Crippen molar-refractivity contribution in [3.05, 3.63) is 22.2 Å². The summed E-state index contributed by atoms with van der Waals surface area (Å²) >= 11 is 0. The minimum atomic E-state index is -3.79. The number of rotatable bonds is 4. The Labute approximate surface area is 117 Å². The Morgan fingerprint density at radius 3 is 2.67 bits per heavy atom. The summed E-state index contributed by atoms with van der Waals surface area (Å²) in [5.74, 6) is -3.96. The predicted octanol–water partition coefficient (Wildman–Crippen LogP) is -1.75. The van der Waals surface area contributed by atoms with Crippen molar-refractivity contribution in [1.82, 2.24) is 9.55 Å². The molecule has 2 heterocycles. The van der Waals surface area contributed by atoms with E-state index in [1.807, 2.05) is 0 Å². The highest BCUT2D eigenvalue weighted by molar-refractivity contribution is 5.37. The lowest BCUT2D eigenvalue weighted by Gasteiger charge is -2.21. The van der Waals surface area contributed by atoms with Crippen molar-refractivity contribution in [2.45, 2.75) is 30.8 Å². The molecule has 1 aliphatic heterocycles. The first kappa shape index (κ1) is 15.8. The molecule has 5 N–H and O–H groups in total. The van der Waals surface area contributed by atoms with E-state index < -0.39 is 36.7 Å². The normalized spacial score (nSPS) is 28.0. The lowest BCUT2D eigenvalue weighted by Crippen LogP contribution is -2.42. The van der Waals surface area contributed by atoms with Gasteiger partial charge in [0.25, 0.3) is 0 Å². The number of hydrogen-bond acceptors (Lipinski definition) is 7. The lowest BCUT2D eigenvalue weighted by atomic mass is 10.1. The number of aliphatic hydroxyl groups is 3. The van der Waals surface area contributed by atoms with Gasteiger partial charge in [-0.2, -0.15) is 13.8 Å². The molecule has 8 nitrogen and oxygen atoms in total. The largest absolute Gasteiger partial charge is 0.396 e. The summed E-state index contributed by atoms with van der Waals surface area (Å²) in [6.45, 7) is -1.14. The number of anilines is 1. The Hall–Kier alpha value is -1.62. The number of nitrogens with two attached hydrogens (primary N) is 1. The van der Waals surface area contributed by atoms with E-state index >= 15 is 0 Å². The van der Waals surface area contributed by atoms with Crippen molar-refractivity contribution < 1.29 is 28.8 Å². The number of alkyl halides is 2. The van der Waals surface area contributed by atoms with Crippen LogP contribution >= 0.6 is 0 Å². The highest BCUT2D eigenvalue weighted by atomic mass is 19.3. The van der Waals surface area contributed by atoms with Gasteiger partial charge in [0.15, 0.2) is 6.10 Å². The molecule has 2 rings (SSSR count). The van der Waals surface area contributed by atoms with Crippen molar-refractivity contribution >= 4 is 5.82 Å². The number of ether oxygens (including phenoxy) is 1. The second-order valence-corrected chi connectivity index (χ2v) is 4.64. The zero-order chi connectivity index (χ0) is 15.8. The maximum atomic E-state index is 14.0. The predicted molar refractivity (Wildman–Crippen MR) is 65.6 cm³/mol. The molecule has 0 spiro atoms. The van der Waals surface area contributed by atoms with Crippen LogP contribution in [0.3, 0.4) is 0 Å². The number of hydrogen-bond donors (Lipinski definition) is 4. The third-order valence-corrected chi connectivity index (χ3v) is 3.25. The van der Waals surface area contributed by atoms with E-state index in [-0.39, 0.29) is 24.4 Å². The van der Waals surface area contributed by atoms with Gasteiger partial charge in [-0.05, 0) is 0 Å². The molecule has 0 aromatic carbocycles. The molecular formula is C11H15F2N3O5. The van der Waals surface area contributed by atoms with E-state index in [4.69, 9.17) is 20.7 Å². The molecule has 0 bridgehead atoms. The fourth-order valence-electron chi connectivity index (χ4n) is 2.12. The molecule has 10 heteroatoms. The van der Waals surface area contributed by atoms with Gasteiger partial charge in [-0.3, -0.25) is 4.57 Å². The maximum Gasteiger partial charge on any atom is 0.351 e. The van der Waals surface area contributed by atoms with Crippen LogP contribution in [0.1, 0.15) is 11.8 Å². The zero-order valence-corrected chi connectivity index (χ0v) is 10.8. The van der Waals surface area contributed by atoms with E-state index in [1.165, 1.54) is 0 Å². The van der Waals surface area contributed by atoms with Crippen LogP contribution in [0.25, 0.3) is 0 Å². The monoisotopic (exact) mass is 307 g/mol. The standard InChI is InChI=1S/C11H15F2N3O5/c12-11(13)7(19)6(4-18)21-9(11)16-3-5(1-2-17)8(14)15-10(16)20/h3,6-7,9,17-19H,1-2,4H2,(H2,14,15,20). The quantitative estimate of drug-likeness (QED) is 0.518. The molecule has 3 unspecified atom stereocenters. The first-order chi connectivity index (χ1) is 9.82. The van der Waals surface area contributed by atoms with Gasteiger partial charge < -0.3 is 25.8 Å². The number of aromatic nitrogens is 2. The van der Waals surface area contributed by atoms with Crippen molar-refractivity contribution in [2.75, 3.05) is 18.9 Å². The Balaban J connectivity index is 2.46. The topological polar surface area (TPSA) is 131 Å². The SMILES string of the molecule is Nc1nc(=O)n(C2OC(CO)C(O)C2(F)F)cc1CCO. The minimum absolute atomic E-state index is 0.0172. The molecule has 1 aromatic heterocycles. The molecule has 3 atom stereocenters. The van der Waals surface area contributed by atoms with Gasteiger partial charge in [-0.1, -0.05) is 0 Å². The zero-order valence-electron chi connectivity index (χ0n) is 10.8. The number of aliphatic hydroxyl groups excluding tert-OH is 3. The fraction of sp³-hybridized carbons (Fsp3) is 0.636. The summed E-state index contributed by atoms with van der Waals surface area (Å²) in [4.78, 5) is 15.1. The lowest BCUT2D eigenvalue weighted by molar-refractivity contribution is -0.141. The fourth-order valence-corrected chi connectivity index (χ4v) is 2.12. The molecule has 21 heavy (non-hydrogen) atoms. The molecule has 118 valence electrons. The van der Waals surface area contributed by atoms with Gasteiger partial charge in [0.05, 0.1) is 6.61 Å². The van der Waals surface area contributed by atoms with Crippen molar-refractivity contribution in [3.63, 3.8) is 0 Å². The van der Waals surface area contributed by atoms with Crippen LogP contribution in [0.2, 0.25) is 0 Å². The van der Waals surface area contributed by atoms with Gasteiger partial charge in [0.1, 0.15) is 11.9 Å². The van der Waals surface area contributed by atoms with Crippen LogP contribution in [-0.2, 0) is 11.2 Å². The summed E-state index contributed by atoms with van der Waals surface area (Å²) < 4.78 is 33.3. The smallest absolute Gasteiger partial charge is 0.351 e. The van der Waals surface area contributed by atoms with E-state index in [0.29, 0.717) is 4.57 Å². The van der Waals surface area contributed by atoms with E-state index in [1.54, 1.807) is 0 Å². The van der Waals surface area contributed by atoms with Crippen LogP contribution < -0.4 is 11.4 Å². The van der Waals surface area contributed by atoms with Gasteiger partial charge in [-0.15, -0.1) is 0 Å². The van der Waals surface area contributed by atoms with Gasteiger partial charge in [-0.25, -0.2) is 4.79 Å². The average Bonchev–Trinajstić information content (AvgIpc) is 2.65. The molecule has 1 aliphatic rings. The highest BCUT2D eigenvalue weighted by Gasteiger charge is 2.59. The molecule has 1 aromatic rings. The molecule has 0 radical (unpaired) electrons. The van der Waals surface area contributed by atoms with Gasteiger partial charge in [0, 0.05) is 24.8 Å². The molecule has 1 saturated heterocycles. The summed E-state index contributed by atoms with van der Waals surface area (Å²) in [5.41, 5.74) is 4.58. The van der Waals surface area contributed by atoms with E-state index in [9.17, 15) is 18.7 Å². The van der Waals surface area contributed by atoms with E-state index in [0.717, 1.165) is 6.20 Å². The average molecular weight is 307 g/mol. The summed E-state index contributed by atoms with van der Waals surface area (Å²) in [6, 6.07) is 0. The molecule has 1 fully saturated rings. The highest BCUT2D eigenvalue weighted by Crippen LogP contribution is 2.42. The Morgan fingerprint density at radius 1 is 1.48 bits per heavy atom. The van der Waals surface area contributed by atoms with Crippen molar-refractivity contribution in [1.29, 1.82) is 0 Å². The third-order valence-electron chi connectivity index (χ3n) is 3.25. The summed E-state index contributed by atoms with van der Waals surface area (Å²) in [5, 5.41) is 27.2. The van der Waals surface area contributed by atoms with Crippen LogP contribution in [0.4, 0.5) is 14.6 Å². The third kappa shape index (κ3) is 2.62. The summed E-state index contributed by atoms with van der Waals surface area (Å²) in [7, 11) is 0. The first-order valence-corrected chi connectivity index (χ1v) is 6.13. The van der Waals surface area contributed by atoms with Crippen LogP contribution in [0, 0.1) is 0 Å². The maximum absolute atomic E-state index is 14.0. The Morgan fingerprint density at radius 2 is 2.14 bits per heavy atom. The van der Waals surface area contributed by atoms with E-state index in [2.05, 4.69) is 4.98 Å². The molecular weight excluding hydrogens is 292 g/mol. The van der Waals surface area contributed by atoms with Crippen LogP contribution in [-0.4, -0.2) is 56.2 Å². The van der Waals surface area contributed by atoms with Crippen LogP contribution in [0.15, 0.2) is 11.0 Å². The van der Waals surface area contributed by atoms with Crippen LogP contribution in [0.5, 0.6) is 0 Å². The van der Waals surface area contributed by atoms with Crippen molar-refractivity contribution in [2.24, 2.45) is 0 Å². The minimum Gasteiger partial charge on any atom is -0.396 e. The molecule has 0 saturated carbocycles. The second-order valence-electron chi connectivity index (χ2n) is 4.64. The number of nitrogens with zero attached hydrogens (tertiary/aromatic N) is 2. The number of halogens is 2. The number of nitrogen functional groups attached to an aromatic ring is 1. The van der Waals surface area contributed by atoms with Gasteiger partial charge in [0.2, 0.25) is 6.23 Å². The molecule has 0 amide bonds. The van der Waals surface area contributed by atoms with Gasteiger partial charge >= 0.3 is 11.6 Å². The van der Waals surface area contributed by atoms with Crippen molar-refractivity contribution in [3.8, 4) is 0 Å². The Kier molecular flexibility index (Phi) is 4.23.